The van der Waals surface area contributed by atoms with Gasteiger partial charge in [0.1, 0.15) is 6.04 Å². The topological polar surface area (TPSA) is 40.5 Å². The number of carbonyl (C=O) groups is 1. The molecule has 17 heavy (non-hydrogen) atoms. The Labute approximate surface area is 114 Å². The lowest BCUT2D eigenvalue weighted by Crippen LogP contribution is -2.40. The minimum atomic E-state index is -0.697. The minimum Gasteiger partial charge on any atom is -0.480 e. The maximum absolute atomic E-state index is 11.3. The van der Waals surface area contributed by atoms with Crippen molar-refractivity contribution in [1.29, 1.82) is 0 Å². The molecule has 1 aromatic rings. The van der Waals surface area contributed by atoms with Crippen LogP contribution in [0.2, 0.25) is 0 Å². The molecule has 2 heterocycles. The molecule has 1 saturated heterocycles. The number of nitrogens with zero attached hydrogens (tertiary/aromatic N) is 1. The first-order chi connectivity index (χ1) is 8.00. The second-order valence-electron chi connectivity index (χ2n) is 4.60. The fourth-order valence-electron chi connectivity index (χ4n) is 2.51. The lowest BCUT2D eigenvalue weighted by molar-refractivity contribution is -0.144. The van der Waals surface area contributed by atoms with E-state index in [2.05, 4.69) is 33.8 Å². The normalized spacial score (nSPS) is 27.2. The first kappa shape index (κ1) is 13.1. The molecule has 94 valence electrons. The van der Waals surface area contributed by atoms with Gasteiger partial charge in [0.25, 0.3) is 0 Å². The summed E-state index contributed by atoms with van der Waals surface area (Å²) in [5.74, 6) is -0.462. The van der Waals surface area contributed by atoms with Gasteiger partial charge >= 0.3 is 5.97 Å². The van der Waals surface area contributed by atoms with Crippen LogP contribution in [0.25, 0.3) is 0 Å². The zero-order valence-corrected chi connectivity index (χ0v) is 12.3. The molecule has 0 aliphatic carbocycles. The maximum Gasteiger partial charge on any atom is 0.321 e. The van der Waals surface area contributed by atoms with Gasteiger partial charge in [0.2, 0.25) is 0 Å². The van der Waals surface area contributed by atoms with Gasteiger partial charge in [-0.3, -0.25) is 9.69 Å². The van der Waals surface area contributed by atoms with Gasteiger partial charge in [-0.1, -0.05) is 6.92 Å². The van der Waals surface area contributed by atoms with E-state index in [4.69, 9.17) is 0 Å². The van der Waals surface area contributed by atoms with Crippen LogP contribution in [-0.4, -0.2) is 28.6 Å². The van der Waals surface area contributed by atoms with Crippen molar-refractivity contribution in [2.45, 2.75) is 32.4 Å². The van der Waals surface area contributed by atoms with E-state index in [1.54, 1.807) is 11.3 Å². The van der Waals surface area contributed by atoms with Crippen LogP contribution in [0.1, 0.15) is 31.2 Å². The second kappa shape index (κ2) is 5.08. The Bertz CT molecular complexity index is 420. The molecule has 0 radical (unpaired) electrons. The van der Waals surface area contributed by atoms with Crippen molar-refractivity contribution >= 4 is 33.2 Å². The lowest BCUT2D eigenvalue weighted by Gasteiger charge is -2.28. The van der Waals surface area contributed by atoms with Crippen molar-refractivity contribution in [3.63, 3.8) is 0 Å². The highest BCUT2D eigenvalue weighted by Crippen LogP contribution is 2.36. The largest absolute Gasteiger partial charge is 0.480 e. The number of hydrogen-bond acceptors (Lipinski definition) is 3. The van der Waals surface area contributed by atoms with Crippen LogP contribution in [0.5, 0.6) is 0 Å². The molecule has 0 aromatic carbocycles. The quantitative estimate of drug-likeness (QED) is 0.929. The molecular weight excluding hydrogens is 302 g/mol. The van der Waals surface area contributed by atoms with E-state index < -0.39 is 5.97 Å². The molecule has 1 N–H and O–H groups in total. The van der Waals surface area contributed by atoms with Gasteiger partial charge in [0, 0.05) is 10.9 Å². The molecule has 0 bridgehead atoms. The zero-order chi connectivity index (χ0) is 12.6. The highest BCUT2D eigenvalue weighted by molar-refractivity contribution is 9.11. The highest BCUT2D eigenvalue weighted by atomic mass is 79.9. The monoisotopic (exact) mass is 317 g/mol. The molecule has 1 aromatic heterocycles. The van der Waals surface area contributed by atoms with Crippen LogP contribution >= 0.6 is 27.3 Å². The van der Waals surface area contributed by atoms with Crippen LogP contribution in [0.4, 0.5) is 0 Å². The molecule has 2 rings (SSSR count). The van der Waals surface area contributed by atoms with Crippen LogP contribution in [0.3, 0.4) is 0 Å². The summed E-state index contributed by atoms with van der Waals surface area (Å²) in [6.45, 7) is 4.98. The summed E-state index contributed by atoms with van der Waals surface area (Å²) in [5, 5.41) is 9.31. The Balaban J connectivity index is 2.19. The van der Waals surface area contributed by atoms with Crippen molar-refractivity contribution in [2.24, 2.45) is 5.92 Å². The van der Waals surface area contributed by atoms with Gasteiger partial charge < -0.3 is 5.11 Å². The highest BCUT2D eigenvalue weighted by Gasteiger charge is 2.39. The van der Waals surface area contributed by atoms with E-state index >= 15 is 0 Å². The van der Waals surface area contributed by atoms with Crippen LogP contribution in [0, 0.1) is 5.92 Å². The van der Waals surface area contributed by atoms with Crippen LogP contribution < -0.4 is 0 Å². The van der Waals surface area contributed by atoms with Crippen LogP contribution in [-0.2, 0) is 4.79 Å². The summed E-state index contributed by atoms with van der Waals surface area (Å²) in [6, 6.07) is 3.93. The van der Waals surface area contributed by atoms with Crippen molar-refractivity contribution in [1.82, 2.24) is 4.90 Å². The Morgan fingerprint density at radius 2 is 2.35 bits per heavy atom. The van der Waals surface area contributed by atoms with Crippen molar-refractivity contribution < 1.29 is 9.90 Å². The second-order valence-corrected chi connectivity index (χ2v) is 7.10. The Morgan fingerprint density at radius 3 is 2.88 bits per heavy atom. The third-order valence-electron chi connectivity index (χ3n) is 3.50. The van der Waals surface area contributed by atoms with E-state index in [9.17, 15) is 9.90 Å². The number of carboxylic acid groups (broad SMARTS) is 1. The average molecular weight is 318 g/mol. The number of hydrogen-bond donors (Lipinski definition) is 1. The Kier molecular flexibility index (Phi) is 3.90. The van der Waals surface area contributed by atoms with Gasteiger partial charge in [0.05, 0.1) is 3.79 Å². The van der Waals surface area contributed by atoms with Gasteiger partial charge in [-0.25, -0.2) is 0 Å². The first-order valence-electron chi connectivity index (χ1n) is 5.74. The molecule has 1 fully saturated rings. The number of halogens is 1. The number of thiophene rings is 1. The predicted octanol–water partition coefficient (Wildman–Crippen LogP) is 3.37. The number of rotatable bonds is 3. The third kappa shape index (κ3) is 2.56. The van der Waals surface area contributed by atoms with Gasteiger partial charge in [-0.15, -0.1) is 11.3 Å². The molecule has 3 unspecified atom stereocenters. The zero-order valence-electron chi connectivity index (χ0n) is 9.89. The van der Waals surface area contributed by atoms with Crippen molar-refractivity contribution in [2.75, 3.05) is 6.54 Å². The van der Waals surface area contributed by atoms with Gasteiger partial charge in [-0.2, -0.15) is 0 Å². The fourth-order valence-corrected chi connectivity index (χ4v) is 4.01. The SMILES string of the molecule is CC1CCN(C(C)c2ccc(Br)s2)C1C(=O)O. The Morgan fingerprint density at radius 1 is 1.65 bits per heavy atom. The summed E-state index contributed by atoms with van der Waals surface area (Å²) < 4.78 is 1.10. The summed E-state index contributed by atoms with van der Waals surface area (Å²) in [4.78, 5) is 14.6. The molecular formula is C12H16BrNO2S. The molecule has 1 aliphatic heterocycles. The molecule has 0 saturated carbocycles. The molecule has 1 aliphatic rings. The van der Waals surface area contributed by atoms with Gasteiger partial charge in [0.15, 0.2) is 0 Å². The Hall–Kier alpha value is -0.390. The van der Waals surface area contributed by atoms with E-state index in [0.717, 1.165) is 16.8 Å². The summed E-state index contributed by atoms with van der Waals surface area (Å²) in [6.07, 6.45) is 0.966. The van der Waals surface area contributed by atoms with E-state index in [0.29, 0.717) is 0 Å². The molecule has 3 nitrogen and oxygen atoms in total. The summed E-state index contributed by atoms with van der Waals surface area (Å²) in [7, 11) is 0. The van der Waals surface area contributed by atoms with E-state index in [1.807, 2.05) is 13.0 Å². The molecule has 3 atom stereocenters. The van der Waals surface area contributed by atoms with Crippen molar-refractivity contribution in [3.05, 3.63) is 20.8 Å². The standard InChI is InChI=1S/C12H16BrNO2S/c1-7-5-6-14(11(7)12(15)16)8(2)9-3-4-10(13)17-9/h3-4,7-8,11H,5-6H2,1-2H3,(H,15,16). The number of aliphatic carboxylic acids is 1. The fraction of sp³-hybridized carbons (Fsp3) is 0.583. The maximum atomic E-state index is 11.3. The summed E-state index contributed by atoms with van der Waals surface area (Å²) in [5.41, 5.74) is 0. The van der Waals surface area contributed by atoms with Gasteiger partial charge in [-0.05, 0) is 53.9 Å². The number of carboxylic acids is 1. The van der Waals surface area contributed by atoms with Crippen LogP contribution in [0.15, 0.2) is 15.9 Å². The number of likely N-dealkylation sites (tertiary alicyclic amines) is 1. The minimum absolute atomic E-state index is 0.178. The smallest absolute Gasteiger partial charge is 0.321 e. The van der Waals surface area contributed by atoms with E-state index in [-0.39, 0.29) is 18.0 Å². The summed E-state index contributed by atoms with van der Waals surface area (Å²) >= 11 is 5.13. The third-order valence-corrected chi connectivity index (χ3v) is 5.29. The first-order valence-corrected chi connectivity index (χ1v) is 7.35. The van der Waals surface area contributed by atoms with E-state index in [1.165, 1.54) is 4.88 Å². The molecule has 5 heteroatoms. The molecule has 0 amide bonds. The molecule has 0 spiro atoms. The average Bonchev–Trinajstić information content (AvgIpc) is 2.83. The predicted molar refractivity (Wildman–Crippen MR) is 72.3 cm³/mol. The van der Waals surface area contributed by atoms with Crippen molar-refractivity contribution in [3.8, 4) is 0 Å². The lowest BCUT2D eigenvalue weighted by atomic mass is 10.0.